The predicted molar refractivity (Wildman–Crippen MR) is 60.3 cm³/mol. The van der Waals surface area contributed by atoms with Crippen molar-refractivity contribution in [3.8, 4) is 0 Å². The van der Waals surface area contributed by atoms with Gasteiger partial charge in [0, 0.05) is 0 Å². The molecule has 0 rings (SSSR count). The van der Waals surface area contributed by atoms with Crippen LogP contribution in [0.1, 0.15) is 27.2 Å². The van der Waals surface area contributed by atoms with Crippen molar-refractivity contribution < 1.29 is 23.1 Å². The van der Waals surface area contributed by atoms with Crippen LogP contribution < -0.4 is 0 Å². The molecule has 0 radical (unpaired) electrons. The van der Waals surface area contributed by atoms with Crippen LogP contribution in [-0.2, 0) is 9.22 Å². The molecule has 0 aliphatic heterocycles. The monoisotopic (exact) mass is 254 g/mol. The molecule has 0 fully saturated rings. The van der Waals surface area contributed by atoms with Crippen LogP contribution in [0.5, 0.6) is 0 Å². The Bertz CT molecular complexity index is 259. The van der Waals surface area contributed by atoms with E-state index in [0.29, 0.717) is 0 Å². The van der Waals surface area contributed by atoms with Crippen molar-refractivity contribution in [2.45, 2.75) is 51.2 Å². The largest absolute Gasteiger partial charge is 0.481 e. The molecular formula is C10H20F2O3Si. The summed E-state index contributed by atoms with van der Waals surface area (Å²) in [6, 6.07) is 0. The maximum atomic E-state index is 13.1. The molecule has 0 aromatic carbocycles. The fourth-order valence-corrected chi connectivity index (χ4v) is 1.78. The number of carbonyl (C=O) groups is 1. The molecule has 0 aliphatic carbocycles. The lowest BCUT2D eigenvalue weighted by atomic mass is 10.2. The van der Waals surface area contributed by atoms with E-state index in [2.05, 4.69) is 0 Å². The van der Waals surface area contributed by atoms with Crippen LogP contribution in [0.3, 0.4) is 0 Å². The van der Waals surface area contributed by atoms with Gasteiger partial charge in [-0.2, -0.15) is 0 Å². The van der Waals surface area contributed by atoms with E-state index in [-0.39, 0.29) is 5.04 Å². The highest BCUT2D eigenvalue weighted by molar-refractivity contribution is 6.74. The maximum absolute atomic E-state index is 13.1. The summed E-state index contributed by atoms with van der Waals surface area (Å²) in [5, 5.41) is 8.15. The Balaban J connectivity index is 4.39. The molecule has 0 spiro atoms. The van der Waals surface area contributed by atoms with Crippen molar-refractivity contribution in [1.82, 2.24) is 0 Å². The number of alkyl halides is 2. The predicted octanol–water partition coefficient (Wildman–Crippen LogP) is 3.12. The molecule has 0 amide bonds. The van der Waals surface area contributed by atoms with Gasteiger partial charge in [-0.1, -0.05) is 20.8 Å². The van der Waals surface area contributed by atoms with Gasteiger partial charge in [-0.3, -0.25) is 4.79 Å². The number of rotatable bonds is 5. The molecule has 0 unspecified atom stereocenters. The van der Waals surface area contributed by atoms with Crippen molar-refractivity contribution in [2.75, 3.05) is 6.61 Å². The van der Waals surface area contributed by atoms with E-state index in [1.54, 1.807) is 0 Å². The molecule has 0 aliphatic rings. The van der Waals surface area contributed by atoms with E-state index in [1.807, 2.05) is 33.9 Å². The lowest BCUT2D eigenvalue weighted by molar-refractivity contribution is -0.147. The zero-order valence-electron chi connectivity index (χ0n) is 10.4. The summed E-state index contributed by atoms with van der Waals surface area (Å²) in [7, 11) is -2.24. The Hall–Kier alpha value is -0.493. The summed E-state index contributed by atoms with van der Waals surface area (Å²) in [5.41, 5.74) is 0. The molecule has 0 heterocycles. The van der Waals surface area contributed by atoms with Gasteiger partial charge in [0.15, 0.2) is 8.32 Å². The van der Waals surface area contributed by atoms with Crippen LogP contribution in [0.2, 0.25) is 18.1 Å². The lowest BCUT2D eigenvalue weighted by Crippen LogP contribution is -2.44. The van der Waals surface area contributed by atoms with Crippen LogP contribution in [0, 0.1) is 0 Å². The number of aliphatic carboxylic acids is 1. The zero-order chi connectivity index (χ0) is 13.2. The first-order valence-corrected chi connectivity index (χ1v) is 8.02. The Morgan fingerprint density at radius 2 is 1.75 bits per heavy atom. The minimum atomic E-state index is -3.29. The Morgan fingerprint density at radius 3 is 2.06 bits per heavy atom. The van der Waals surface area contributed by atoms with Crippen LogP contribution in [0.4, 0.5) is 8.78 Å². The third kappa shape index (κ3) is 5.02. The second-order valence-electron chi connectivity index (χ2n) is 5.48. The molecule has 6 heteroatoms. The standard InChI is InChI=1S/C10H20F2O3Si/c1-9(2,3)16(4,5)15-7-10(11,12)6-8(13)14/h6-7H2,1-5H3,(H,13,14). The van der Waals surface area contributed by atoms with Crippen LogP contribution in [0.15, 0.2) is 0 Å². The van der Waals surface area contributed by atoms with Crippen molar-refractivity contribution in [3.05, 3.63) is 0 Å². The summed E-state index contributed by atoms with van der Waals surface area (Å²) >= 11 is 0. The van der Waals surface area contributed by atoms with Gasteiger partial charge in [0.2, 0.25) is 0 Å². The zero-order valence-corrected chi connectivity index (χ0v) is 11.4. The average molecular weight is 254 g/mol. The summed E-state index contributed by atoms with van der Waals surface area (Å²) in [4.78, 5) is 10.2. The van der Waals surface area contributed by atoms with Gasteiger partial charge in [0.05, 0.1) is 6.61 Å². The van der Waals surface area contributed by atoms with Gasteiger partial charge < -0.3 is 9.53 Å². The van der Waals surface area contributed by atoms with Crippen molar-refractivity contribution >= 4 is 14.3 Å². The first-order valence-electron chi connectivity index (χ1n) is 5.11. The third-order valence-corrected chi connectivity index (χ3v) is 7.34. The van der Waals surface area contributed by atoms with E-state index >= 15 is 0 Å². The minimum absolute atomic E-state index is 0.160. The lowest BCUT2D eigenvalue weighted by Gasteiger charge is -2.37. The molecule has 96 valence electrons. The second-order valence-corrected chi connectivity index (χ2v) is 10.3. The van der Waals surface area contributed by atoms with E-state index in [1.165, 1.54) is 0 Å². The molecule has 1 N–H and O–H groups in total. The second kappa shape index (κ2) is 4.79. The van der Waals surface area contributed by atoms with Crippen molar-refractivity contribution in [1.29, 1.82) is 0 Å². The van der Waals surface area contributed by atoms with E-state index in [4.69, 9.17) is 9.53 Å². The van der Waals surface area contributed by atoms with Crippen molar-refractivity contribution in [2.24, 2.45) is 0 Å². The van der Waals surface area contributed by atoms with Crippen molar-refractivity contribution in [3.63, 3.8) is 0 Å². The van der Waals surface area contributed by atoms with E-state index in [9.17, 15) is 13.6 Å². The summed E-state index contributed by atoms with van der Waals surface area (Å²) in [6.07, 6.45) is -1.18. The maximum Gasteiger partial charge on any atom is 0.309 e. The van der Waals surface area contributed by atoms with Crippen LogP contribution in [0.25, 0.3) is 0 Å². The van der Waals surface area contributed by atoms with Gasteiger partial charge in [-0.15, -0.1) is 0 Å². The summed E-state index contributed by atoms with van der Waals surface area (Å²) in [5.74, 6) is -4.80. The molecular weight excluding hydrogens is 234 g/mol. The normalized spacial score (nSPS) is 13.9. The smallest absolute Gasteiger partial charge is 0.309 e. The Kier molecular flexibility index (Phi) is 4.64. The molecule has 0 saturated carbocycles. The van der Waals surface area contributed by atoms with E-state index in [0.717, 1.165) is 0 Å². The minimum Gasteiger partial charge on any atom is -0.481 e. The first kappa shape index (κ1) is 15.5. The van der Waals surface area contributed by atoms with Crippen LogP contribution in [-0.4, -0.2) is 31.9 Å². The fraction of sp³-hybridized carbons (Fsp3) is 0.900. The van der Waals surface area contributed by atoms with Gasteiger partial charge in [-0.05, 0) is 18.1 Å². The molecule has 0 saturated heterocycles. The molecule has 0 atom stereocenters. The third-order valence-electron chi connectivity index (χ3n) is 2.86. The van der Waals surface area contributed by atoms with E-state index < -0.39 is 33.2 Å². The topological polar surface area (TPSA) is 46.5 Å². The van der Waals surface area contributed by atoms with Gasteiger partial charge >= 0.3 is 5.97 Å². The number of carboxylic acid groups (broad SMARTS) is 1. The molecule has 0 bridgehead atoms. The number of halogens is 2. The first-order chi connectivity index (χ1) is 6.87. The number of hydrogen-bond acceptors (Lipinski definition) is 2. The summed E-state index contributed by atoms with van der Waals surface area (Å²) in [6.45, 7) is 8.71. The quantitative estimate of drug-likeness (QED) is 0.767. The Morgan fingerprint density at radius 1 is 1.31 bits per heavy atom. The van der Waals surface area contributed by atoms with Gasteiger partial charge in [-0.25, -0.2) is 8.78 Å². The average Bonchev–Trinajstić information content (AvgIpc) is 1.96. The van der Waals surface area contributed by atoms with Gasteiger partial charge in [0.1, 0.15) is 6.42 Å². The molecule has 3 nitrogen and oxygen atoms in total. The molecule has 0 aromatic heterocycles. The van der Waals surface area contributed by atoms with Crippen LogP contribution >= 0.6 is 0 Å². The highest BCUT2D eigenvalue weighted by Crippen LogP contribution is 2.37. The fourth-order valence-electron chi connectivity index (χ4n) is 0.775. The summed E-state index contributed by atoms with van der Waals surface area (Å²) < 4.78 is 31.5. The number of hydrogen-bond donors (Lipinski definition) is 1. The SMILES string of the molecule is CC(C)(C)[Si](C)(C)OCC(F)(F)CC(=O)O. The highest BCUT2D eigenvalue weighted by atomic mass is 28.4. The highest BCUT2D eigenvalue weighted by Gasteiger charge is 2.41. The van der Waals surface area contributed by atoms with Gasteiger partial charge in [0.25, 0.3) is 5.92 Å². The molecule has 16 heavy (non-hydrogen) atoms. The number of carboxylic acids is 1. The molecule has 0 aromatic rings. The Labute approximate surface area is 95.9 Å².